The predicted molar refractivity (Wildman–Crippen MR) is 85.0 cm³/mol. The first kappa shape index (κ1) is 18.3. The van der Waals surface area contributed by atoms with E-state index in [9.17, 15) is 14.0 Å². The van der Waals surface area contributed by atoms with Crippen LogP contribution in [-0.2, 0) is 4.79 Å². The molecule has 0 aromatic heterocycles. The Labute approximate surface area is 131 Å². The Morgan fingerprint density at radius 3 is 2.32 bits per heavy atom. The SMILES string of the molecule is CC(C)C(N)CCN(C)C(=O)CCC(=O)c1ccc(F)cc1. The van der Waals surface area contributed by atoms with Crippen molar-refractivity contribution in [1.82, 2.24) is 4.90 Å². The molecule has 0 saturated heterocycles. The van der Waals surface area contributed by atoms with Gasteiger partial charge in [0.25, 0.3) is 0 Å². The fraction of sp³-hybridized carbons (Fsp3) is 0.529. The number of hydrogen-bond acceptors (Lipinski definition) is 3. The molecule has 0 spiro atoms. The number of nitrogens with zero attached hydrogens (tertiary/aromatic N) is 1. The molecular formula is C17H25FN2O2. The third-order valence-electron chi connectivity index (χ3n) is 3.81. The molecule has 1 amide bonds. The number of amides is 1. The van der Waals surface area contributed by atoms with Crippen molar-refractivity contribution in [1.29, 1.82) is 0 Å². The van der Waals surface area contributed by atoms with Gasteiger partial charge in [0, 0.05) is 38.0 Å². The maximum Gasteiger partial charge on any atom is 0.222 e. The summed E-state index contributed by atoms with van der Waals surface area (Å²) < 4.78 is 12.8. The topological polar surface area (TPSA) is 63.4 Å². The van der Waals surface area contributed by atoms with E-state index in [1.807, 2.05) is 13.8 Å². The van der Waals surface area contributed by atoms with E-state index < -0.39 is 0 Å². The number of benzene rings is 1. The van der Waals surface area contributed by atoms with E-state index in [4.69, 9.17) is 5.73 Å². The summed E-state index contributed by atoms with van der Waals surface area (Å²) in [7, 11) is 1.72. The van der Waals surface area contributed by atoms with Gasteiger partial charge in [-0.2, -0.15) is 0 Å². The second-order valence-electron chi connectivity index (χ2n) is 5.94. The largest absolute Gasteiger partial charge is 0.346 e. The van der Waals surface area contributed by atoms with Crippen molar-refractivity contribution in [3.63, 3.8) is 0 Å². The van der Waals surface area contributed by atoms with Crippen LogP contribution in [0.1, 0.15) is 43.5 Å². The first-order valence-electron chi connectivity index (χ1n) is 7.59. The molecule has 122 valence electrons. The van der Waals surface area contributed by atoms with E-state index in [1.165, 1.54) is 24.3 Å². The molecule has 1 aromatic rings. The third-order valence-corrected chi connectivity index (χ3v) is 3.81. The number of carbonyl (C=O) groups is 2. The monoisotopic (exact) mass is 308 g/mol. The molecule has 0 aliphatic carbocycles. The minimum Gasteiger partial charge on any atom is -0.346 e. The standard InChI is InChI=1S/C17H25FN2O2/c1-12(2)15(19)10-11-20(3)17(22)9-8-16(21)13-4-6-14(18)7-5-13/h4-7,12,15H,8-11,19H2,1-3H3. The lowest BCUT2D eigenvalue weighted by Gasteiger charge is -2.21. The van der Waals surface area contributed by atoms with Crippen molar-refractivity contribution in [2.45, 2.75) is 39.2 Å². The van der Waals surface area contributed by atoms with Gasteiger partial charge < -0.3 is 10.6 Å². The maximum atomic E-state index is 12.8. The number of hydrogen-bond donors (Lipinski definition) is 1. The Morgan fingerprint density at radius 2 is 1.77 bits per heavy atom. The molecular weight excluding hydrogens is 283 g/mol. The van der Waals surface area contributed by atoms with Crippen molar-refractivity contribution in [3.05, 3.63) is 35.6 Å². The Hall–Kier alpha value is -1.75. The summed E-state index contributed by atoms with van der Waals surface area (Å²) in [5.41, 5.74) is 6.38. The Kier molecular flexibility index (Phi) is 7.18. The summed E-state index contributed by atoms with van der Waals surface area (Å²) in [4.78, 5) is 25.5. The summed E-state index contributed by atoms with van der Waals surface area (Å²) >= 11 is 0. The number of halogens is 1. The van der Waals surface area contributed by atoms with Crippen LogP contribution in [0.25, 0.3) is 0 Å². The van der Waals surface area contributed by atoms with Gasteiger partial charge in [-0.15, -0.1) is 0 Å². The fourth-order valence-corrected chi connectivity index (χ4v) is 1.99. The average molecular weight is 308 g/mol. The van der Waals surface area contributed by atoms with Crippen molar-refractivity contribution in [2.24, 2.45) is 11.7 Å². The maximum absolute atomic E-state index is 12.8. The molecule has 1 atom stereocenters. The van der Waals surface area contributed by atoms with Crippen LogP contribution in [0.2, 0.25) is 0 Å². The molecule has 0 saturated carbocycles. The summed E-state index contributed by atoms with van der Waals surface area (Å²) in [5.74, 6) is -0.232. The van der Waals surface area contributed by atoms with Crippen LogP contribution in [-0.4, -0.2) is 36.2 Å². The molecule has 1 aromatic carbocycles. The third kappa shape index (κ3) is 5.93. The highest BCUT2D eigenvalue weighted by Gasteiger charge is 2.15. The minimum atomic E-state index is -0.381. The molecule has 22 heavy (non-hydrogen) atoms. The van der Waals surface area contributed by atoms with Gasteiger partial charge in [-0.25, -0.2) is 4.39 Å². The van der Waals surface area contributed by atoms with Crippen LogP contribution in [0.15, 0.2) is 24.3 Å². The molecule has 4 nitrogen and oxygen atoms in total. The highest BCUT2D eigenvalue weighted by atomic mass is 19.1. The fourth-order valence-electron chi connectivity index (χ4n) is 1.99. The summed E-state index contributed by atoms with van der Waals surface area (Å²) in [6.07, 6.45) is 1.03. The number of nitrogens with two attached hydrogens (primary N) is 1. The summed E-state index contributed by atoms with van der Waals surface area (Å²) in [5, 5.41) is 0. The van der Waals surface area contributed by atoms with Gasteiger partial charge >= 0.3 is 0 Å². The van der Waals surface area contributed by atoms with E-state index in [0.29, 0.717) is 18.0 Å². The molecule has 0 fully saturated rings. The minimum absolute atomic E-state index is 0.0658. The first-order chi connectivity index (χ1) is 10.3. The first-order valence-corrected chi connectivity index (χ1v) is 7.59. The Balaban J connectivity index is 2.38. The van der Waals surface area contributed by atoms with Crippen LogP contribution < -0.4 is 5.73 Å². The second-order valence-corrected chi connectivity index (χ2v) is 5.94. The van der Waals surface area contributed by atoms with Crippen LogP contribution in [0, 0.1) is 11.7 Å². The summed E-state index contributed by atoms with van der Waals surface area (Å²) in [6, 6.07) is 5.43. The normalized spacial score (nSPS) is 12.3. The van der Waals surface area contributed by atoms with Gasteiger partial charge in [0.2, 0.25) is 5.91 Å². The number of ketones is 1. The van der Waals surface area contributed by atoms with Crippen molar-refractivity contribution in [3.8, 4) is 0 Å². The zero-order valence-electron chi connectivity index (χ0n) is 13.5. The van der Waals surface area contributed by atoms with Crippen LogP contribution in [0.4, 0.5) is 4.39 Å². The quantitative estimate of drug-likeness (QED) is 0.751. The van der Waals surface area contributed by atoms with Crippen LogP contribution in [0.5, 0.6) is 0 Å². The molecule has 0 radical (unpaired) electrons. The van der Waals surface area contributed by atoms with Gasteiger partial charge in [0.05, 0.1) is 0 Å². The van der Waals surface area contributed by atoms with Gasteiger partial charge in [0.1, 0.15) is 5.82 Å². The van der Waals surface area contributed by atoms with Gasteiger partial charge in [-0.1, -0.05) is 13.8 Å². The van der Waals surface area contributed by atoms with Crippen LogP contribution >= 0.6 is 0 Å². The Morgan fingerprint density at radius 1 is 1.18 bits per heavy atom. The van der Waals surface area contributed by atoms with Crippen LogP contribution in [0.3, 0.4) is 0 Å². The average Bonchev–Trinajstić information content (AvgIpc) is 2.49. The van der Waals surface area contributed by atoms with E-state index >= 15 is 0 Å². The molecule has 0 bridgehead atoms. The Bertz CT molecular complexity index is 500. The molecule has 0 aliphatic rings. The molecule has 1 rings (SSSR count). The lowest BCUT2D eigenvalue weighted by Crippen LogP contribution is -2.34. The van der Waals surface area contributed by atoms with Gasteiger partial charge in [0.15, 0.2) is 5.78 Å². The highest BCUT2D eigenvalue weighted by molar-refractivity contribution is 5.97. The van der Waals surface area contributed by atoms with E-state index in [0.717, 1.165) is 6.42 Å². The second kappa shape index (κ2) is 8.63. The van der Waals surface area contributed by atoms with Crippen molar-refractivity contribution >= 4 is 11.7 Å². The zero-order chi connectivity index (χ0) is 16.7. The number of rotatable bonds is 8. The molecule has 1 unspecified atom stereocenters. The van der Waals surface area contributed by atoms with Crippen molar-refractivity contribution < 1.29 is 14.0 Å². The van der Waals surface area contributed by atoms with Crippen molar-refractivity contribution in [2.75, 3.05) is 13.6 Å². The van der Waals surface area contributed by atoms with E-state index in [1.54, 1.807) is 11.9 Å². The summed E-state index contributed by atoms with van der Waals surface area (Å²) in [6.45, 7) is 4.69. The smallest absolute Gasteiger partial charge is 0.222 e. The molecule has 5 heteroatoms. The van der Waals surface area contributed by atoms with E-state index in [2.05, 4.69) is 0 Å². The van der Waals surface area contributed by atoms with E-state index in [-0.39, 0.29) is 36.4 Å². The highest BCUT2D eigenvalue weighted by Crippen LogP contribution is 2.09. The lowest BCUT2D eigenvalue weighted by molar-refractivity contribution is -0.129. The number of Topliss-reactive ketones (excluding diaryl/α,β-unsaturated/α-hetero) is 1. The zero-order valence-corrected chi connectivity index (χ0v) is 13.5. The molecule has 0 aliphatic heterocycles. The predicted octanol–water partition coefficient (Wildman–Crippen LogP) is 2.62. The van der Waals surface area contributed by atoms with Gasteiger partial charge in [-0.05, 0) is 36.6 Å². The molecule has 0 heterocycles. The molecule has 2 N–H and O–H groups in total. The van der Waals surface area contributed by atoms with Gasteiger partial charge in [-0.3, -0.25) is 9.59 Å². The number of carbonyl (C=O) groups excluding carboxylic acids is 2. The lowest BCUT2D eigenvalue weighted by atomic mass is 10.0.